The van der Waals surface area contributed by atoms with E-state index in [4.69, 9.17) is 0 Å². The third kappa shape index (κ3) is 4.52. The first kappa shape index (κ1) is 17.3. The van der Waals surface area contributed by atoms with Crippen LogP contribution in [0.25, 0.3) is 0 Å². The fraction of sp³-hybridized carbons (Fsp3) is 0.625. The van der Waals surface area contributed by atoms with E-state index in [-0.39, 0.29) is 11.4 Å². The van der Waals surface area contributed by atoms with E-state index in [0.29, 0.717) is 24.7 Å². The maximum atomic E-state index is 12.5. The molecule has 0 atom stereocenters. The van der Waals surface area contributed by atoms with Crippen molar-refractivity contribution in [3.63, 3.8) is 0 Å². The molecule has 7 nitrogen and oxygen atoms in total. The second-order valence-electron chi connectivity index (χ2n) is 6.70. The monoisotopic (exact) mass is 353 g/mol. The lowest BCUT2D eigenvalue weighted by atomic mass is 10.1. The second-order valence-corrected chi connectivity index (χ2v) is 8.67. The fourth-order valence-electron chi connectivity index (χ4n) is 3.01. The lowest BCUT2D eigenvalue weighted by molar-refractivity contribution is -0.384. The Morgan fingerprint density at radius 3 is 2.29 bits per heavy atom. The molecular weight excluding hydrogens is 330 g/mol. The molecule has 1 aliphatic heterocycles. The van der Waals surface area contributed by atoms with Crippen LogP contribution < -0.4 is 5.32 Å². The fourth-order valence-corrected chi connectivity index (χ4v) is 4.57. The van der Waals surface area contributed by atoms with Crippen molar-refractivity contribution in [3.05, 3.63) is 39.9 Å². The van der Waals surface area contributed by atoms with Crippen molar-refractivity contribution in [2.45, 2.75) is 37.5 Å². The highest BCUT2D eigenvalue weighted by Gasteiger charge is 2.29. The summed E-state index contributed by atoms with van der Waals surface area (Å²) < 4.78 is 26.6. The number of non-ortho nitro benzene ring substituents is 1. The van der Waals surface area contributed by atoms with Crippen molar-refractivity contribution >= 4 is 15.7 Å². The number of nitrogens with one attached hydrogen (secondary N) is 1. The Morgan fingerprint density at radius 2 is 1.75 bits per heavy atom. The van der Waals surface area contributed by atoms with Gasteiger partial charge in [-0.3, -0.25) is 10.1 Å². The molecule has 24 heavy (non-hydrogen) atoms. The minimum absolute atomic E-state index is 0.0290. The van der Waals surface area contributed by atoms with E-state index < -0.39 is 14.9 Å². The molecule has 1 aromatic rings. The molecule has 3 rings (SSSR count). The average Bonchev–Trinajstić information content (AvgIpc) is 3.38. The number of sulfonamides is 1. The maximum Gasteiger partial charge on any atom is 0.269 e. The number of nitrogens with zero attached hydrogens (tertiary/aromatic N) is 2. The van der Waals surface area contributed by atoms with Crippen LogP contribution in [0.5, 0.6) is 0 Å². The highest BCUT2D eigenvalue weighted by molar-refractivity contribution is 7.88. The lowest BCUT2D eigenvalue weighted by Crippen LogP contribution is -2.45. The Morgan fingerprint density at radius 1 is 1.12 bits per heavy atom. The predicted octanol–water partition coefficient (Wildman–Crippen LogP) is 1.89. The van der Waals surface area contributed by atoms with Crippen LogP contribution in [-0.2, 0) is 15.8 Å². The number of benzene rings is 1. The molecule has 0 aromatic heterocycles. The van der Waals surface area contributed by atoms with Crippen LogP contribution in [0.3, 0.4) is 0 Å². The van der Waals surface area contributed by atoms with Gasteiger partial charge >= 0.3 is 0 Å². The number of hydrogen-bond donors (Lipinski definition) is 1. The summed E-state index contributed by atoms with van der Waals surface area (Å²) in [7, 11) is -3.38. The standard InChI is InChI=1S/C16H23N3O4S/c20-19(21)16-5-3-14(4-6-16)12-24(22,23)18-9-7-15(8-10-18)17-11-13-1-2-13/h3-6,13,15,17H,1-2,7-12H2. The largest absolute Gasteiger partial charge is 0.314 e. The van der Waals surface area contributed by atoms with Gasteiger partial charge in [-0.05, 0) is 43.7 Å². The normalized spacial score (nSPS) is 20.2. The molecule has 1 aliphatic carbocycles. The molecule has 0 unspecified atom stereocenters. The van der Waals surface area contributed by atoms with Gasteiger partial charge in [-0.2, -0.15) is 0 Å². The van der Waals surface area contributed by atoms with Crippen molar-refractivity contribution in [2.24, 2.45) is 5.92 Å². The van der Waals surface area contributed by atoms with Gasteiger partial charge in [0.2, 0.25) is 10.0 Å². The first-order valence-corrected chi connectivity index (χ1v) is 9.99. The molecule has 0 amide bonds. The van der Waals surface area contributed by atoms with Gasteiger partial charge in [0.25, 0.3) is 5.69 Å². The summed E-state index contributed by atoms with van der Waals surface area (Å²) in [6.45, 7) is 2.13. The number of piperidine rings is 1. The van der Waals surface area contributed by atoms with Crippen molar-refractivity contribution in [1.29, 1.82) is 0 Å². The molecule has 0 spiro atoms. The molecule has 2 fully saturated rings. The molecule has 0 radical (unpaired) electrons. The van der Waals surface area contributed by atoms with Gasteiger partial charge in [0.05, 0.1) is 10.7 Å². The van der Waals surface area contributed by atoms with Crippen molar-refractivity contribution in [2.75, 3.05) is 19.6 Å². The zero-order chi connectivity index (χ0) is 17.2. The van der Waals surface area contributed by atoms with Crippen LogP contribution in [0.2, 0.25) is 0 Å². The molecular formula is C16H23N3O4S. The predicted molar refractivity (Wildman–Crippen MR) is 91.0 cm³/mol. The SMILES string of the molecule is O=[N+]([O-])c1ccc(CS(=O)(=O)N2CCC(NCC3CC3)CC2)cc1. The third-order valence-electron chi connectivity index (χ3n) is 4.74. The minimum Gasteiger partial charge on any atom is -0.314 e. The summed E-state index contributed by atoms with van der Waals surface area (Å²) in [5.41, 5.74) is 0.549. The van der Waals surface area contributed by atoms with E-state index in [2.05, 4.69) is 5.32 Å². The lowest BCUT2D eigenvalue weighted by Gasteiger charge is -2.31. The third-order valence-corrected chi connectivity index (χ3v) is 6.59. The molecule has 1 heterocycles. The molecule has 1 aromatic carbocycles. The summed E-state index contributed by atoms with van der Waals surface area (Å²) in [5.74, 6) is 0.722. The van der Waals surface area contributed by atoms with E-state index >= 15 is 0 Å². The Balaban J connectivity index is 1.52. The van der Waals surface area contributed by atoms with Crippen molar-refractivity contribution < 1.29 is 13.3 Å². The molecule has 8 heteroatoms. The van der Waals surface area contributed by atoms with Crippen LogP contribution in [0.4, 0.5) is 5.69 Å². The van der Waals surface area contributed by atoms with Gasteiger partial charge < -0.3 is 5.32 Å². The number of nitro groups is 1. The van der Waals surface area contributed by atoms with Crippen LogP contribution in [0.15, 0.2) is 24.3 Å². The van der Waals surface area contributed by atoms with Gasteiger partial charge in [-0.1, -0.05) is 12.1 Å². The summed E-state index contributed by atoms with van der Waals surface area (Å²) in [5, 5.41) is 14.2. The smallest absolute Gasteiger partial charge is 0.269 e. The first-order valence-electron chi connectivity index (χ1n) is 8.38. The van der Waals surface area contributed by atoms with E-state index in [1.807, 2.05) is 0 Å². The van der Waals surface area contributed by atoms with Crippen LogP contribution in [-0.4, -0.2) is 43.3 Å². The Kier molecular flexibility index (Phi) is 5.17. The van der Waals surface area contributed by atoms with Crippen LogP contribution >= 0.6 is 0 Å². The molecule has 1 saturated carbocycles. The second kappa shape index (κ2) is 7.16. The van der Waals surface area contributed by atoms with E-state index in [9.17, 15) is 18.5 Å². The summed E-state index contributed by atoms with van der Waals surface area (Å²) >= 11 is 0. The highest BCUT2D eigenvalue weighted by Crippen LogP contribution is 2.28. The molecule has 1 N–H and O–H groups in total. The summed E-state index contributed by atoms with van der Waals surface area (Å²) in [6.07, 6.45) is 4.31. The van der Waals surface area contributed by atoms with Gasteiger partial charge in [0, 0.05) is 31.3 Å². The Labute approximate surface area is 142 Å². The van der Waals surface area contributed by atoms with Gasteiger partial charge in [-0.15, -0.1) is 0 Å². The van der Waals surface area contributed by atoms with Crippen LogP contribution in [0, 0.1) is 16.0 Å². The number of hydrogen-bond acceptors (Lipinski definition) is 5. The number of rotatable bonds is 7. The highest BCUT2D eigenvalue weighted by atomic mass is 32.2. The van der Waals surface area contributed by atoms with Crippen molar-refractivity contribution in [3.8, 4) is 0 Å². The minimum atomic E-state index is -3.38. The zero-order valence-corrected chi connectivity index (χ0v) is 14.4. The maximum absolute atomic E-state index is 12.5. The van der Waals surface area contributed by atoms with E-state index in [1.54, 1.807) is 4.31 Å². The van der Waals surface area contributed by atoms with Gasteiger partial charge in [-0.25, -0.2) is 12.7 Å². The molecule has 2 aliphatic rings. The van der Waals surface area contributed by atoms with Crippen LogP contribution in [0.1, 0.15) is 31.2 Å². The summed E-state index contributed by atoms with van der Waals surface area (Å²) in [4.78, 5) is 10.2. The summed E-state index contributed by atoms with van der Waals surface area (Å²) in [6, 6.07) is 6.13. The zero-order valence-electron chi connectivity index (χ0n) is 13.6. The van der Waals surface area contributed by atoms with Crippen molar-refractivity contribution in [1.82, 2.24) is 9.62 Å². The topological polar surface area (TPSA) is 92.5 Å². The average molecular weight is 353 g/mol. The quantitative estimate of drug-likeness (QED) is 0.597. The van der Waals surface area contributed by atoms with E-state index in [1.165, 1.54) is 37.1 Å². The first-order chi connectivity index (χ1) is 11.4. The Bertz CT molecular complexity index is 678. The van der Waals surface area contributed by atoms with Gasteiger partial charge in [0.1, 0.15) is 0 Å². The molecule has 132 valence electrons. The Hall–Kier alpha value is -1.51. The molecule has 0 bridgehead atoms. The van der Waals surface area contributed by atoms with E-state index in [0.717, 1.165) is 25.3 Å². The number of nitro benzene ring substituents is 1. The molecule has 1 saturated heterocycles. The van der Waals surface area contributed by atoms with Gasteiger partial charge in [0.15, 0.2) is 0 Å².